The molecule has 0 bridgehead atoms. The summed E-state index contributed by atoms with van der Waals surface area (Å²) >= 11 is 0. The fourth-order valence-electron chi connectivity index (χ4n) is 4.59. The SMILES string of the molecule is CC(C)(C)OC(=O)NC1CCC(C(O)(CN(C(=O)O)S(=O)(=O)c2ccccc2[N+](=O)[O-])C(C)(C)C)CC1. The molecule has 12 nitrogen and oxygen atoms in total. The summed E-state index contributed by atoms with van der Waals surface area (Å²) in [6, 6.07) is 4.25. The quantitative estimate of drug-likeness (QED) is 0.337. The Bertz CT molecular complexity index is 1120. The van der Waals surface area contributed by atoms with Crippen molar-refractivity contribution < 1.29 is 37.9 Å². The lowest BCUT2D eigenvalue weighted by Crippen LogP contribution is -2.59. The van der Waals surface area contributed by atoms with Crippen molar-refractivity contribution in [3.05, 3.63) is 34.4 Å². The lowest BCUT2D eigenvalue weighted by Gasteiger charge is -2.49. The molecule has 1 atom stereocenters. The highest BCUT2D eigenvalue weighted by atomic mass is 32.2. The fraction of sp³-hybridized carbons (Fsp3) is 0.667. The fourth-order valence-corrected chi connectivity index (χ4v) is 6.05. The van der Waals surface area contributed by atoms with Gasteiger partial charge in [-0.05, 0) is 63.9 Å². The number of ether oxygens (including phenoxy) is 1. The first-order valence-electron chi connectivity index (χ1n) is 12.0. The highest BCUT2D eigenvalue weighted by molar-refractivity contribution is 7.89. The van der Waals surface area contributed by atoms with Crippen molar-refractivity contribution >= 4 is 27.9 Å². The maximum Gasteiger partial charge on any atom is 0.421 e. The smallest absolute Gasteiger partial charge is 0.421 e. The van der Waals surface area contributed by atoms with Crippen LogP contribution in [0.2, 0.25) is 0 Å². The molecule has 1 unspecified atom stereocenters. The van der Waals surface area contributed by atoms with E-state index in [0.29, 0.717) is 25.7 Å². The van der Waals surface area contributed by atoms with E-state index in [2.05, 4.69) is 5.32 Å². The van der Waals surface area contributed by atoms with E-state index in [9.17, 15) is 38.3 Å². The van der Waals surface area contributed by atoms with E-state index in [1.807, 2.05) is 0 Å². The van der Waals surface area contributed by atoms with Crippen LogP contribution < -0.4 is 5.32 Å². The molecule has 1 aliphatic rings. The summed E-state index contributed by atoms with van der Waals surface area (Å²) in [5, 5.41) is 36.0. The van der Waals surface area contributed by atoms with Crippen LogP contribution in [0, 0.1) is 21.4 Å². The van der Waals surface area contributed by atoms with Crippen LogP contribution in [0.25, 0.3) is 0 Å². The first kappa shape index (κ1) is 30.3. The van der Waals surface area contributed by atoms with Crippen molar-refractivity contribution in [1.29, 1.82) is 0 Å². The highest BCUT2D eigenvalue weighted by Crippen LogP contribution is 2.45. The Kier molecular flexibility index (Phi) is 8.86. The van der Waals surface area contributed by atoms with Gasteiger partial charge in [0.25, 0.3) is 15.7 Å². The zero-order valence-corrected chi connectivity index (χ0v) is 22.9. The molecule has 0 heterocycles. The molecule has 3 N–H and O–H groups in total. The number of rotatable bonds is 7. The third-order valence-corrected chi connectivity index (χ3v) is 8.42. The first-order valence-corrected chi connectivity index (χ1v) is 13.4. The molecule has 13 heteroatoms. The summed E-state index contributed by atoms with van der Waals surface area (Å²) in [4.78, 5) is 34.1. The van der Waals surface area contributed by atoms with Crippen molar-refractivity contribution in [3.8, 4) is 0 Å². The molecule has 2 rings (SSSR count). The number of hydrogen-bond acceptors (Lipinski definition) is 8. The van der Waals surface area contributed by atoms with Crippen LogP contribution in [0.15, 0.2) is 29.2 Å². The van der Waals surface area contributed by atoms with Gasteiger partial charge in [0.2, 0.25) is 0 Å². The molecule has 0 saturated heterocycles. The van der Waals surface area contributed by atoms with Gasteiger partial charge in [0.1, 0.15) is 5.60 Å². The van der Waals surface area contributed by atoms with Crippen molar-refractivity contribution in [2.45, 2.75) is 89.4 Å². The number of benzene rings is 1. The maximum absolute atomic E-state index is 13.3. The Labute approximate surface area is 217 Å². The lowest BCUT2D eigenvalue weighted by atomic mass is 9.64. The van der Waals surface area contributed by atoms with Crippen LogP contribution in [-0.4, -0.2) is 63.8 Å². The molecule has 37 heavy (non-hydrogen) atoms. The van der Waals surface area contributed by atoms with Gasteiger partial charge in [-0.3, -0.25) is 10.1 Å². The number of nitro groups is 1. The number of nitrogens with one attached hydrogen (secondary N) is 1. The monoisotopic (exact) mass is 543 g/mol. The largest absolute Gasteiger partial charge is 0.464 e. The number of carbonyl (C=O) groups excluding carboxylic acids is 1. The molecular weight excluding hydrogens is 506 g/mol. The average Bonchev–Trinajstić information content (AvgIpc) is 2.75. The number of carboxylic acid groups (broad SMARTS) is 1. The molecule has 1 aromatic carbocycles. The summed E-state index contributed by atoms with van der Waals surface area (Å²) in [6.45, 7) is 9.47. The number of nitrogens with zero attached hydrogens (tertiary/aromatic N) is 2. The molecule has 0 spiro atoms. The van der Waals surface area contributed by atoms with Gasteiger partial charge in [-0.25, -0.2) is 18.0 Å². The molecule has 1 aliphatic carbocycles. The van der Waals surface area contributed by atoms with Crippen LogP contribution in [0.4, 0.5) is 15.3 Å². The molecule has 0 aliphatic heterocycles. The van der Waals surface area contributed by atoms with Gasteiger partial charge in [-0.15, -0.1) is 0 Å². The summed E-state index contributed by atoms with van der Waals surface area (Å²) in [5.41, 5.74) is -4.19. The Morgan fingerprint density at radius 3 is 2.11 bits per heavy atom. The van der Waals surface area contributed by atoms with Gasteiger partial charge in [-0.1, -0.05) is 32.9 Å². The number of para-hydroxylation sites is 1. The van der Waals surface area contributed by atoms with E-state index < -0.39 is 66.8 Å². The number of hydrogen-bond donors (Lipinski definition) is 3. The zero-order chi connectivity index (χ0) is 28.4. The van der Waals surface area contributed by atoms with Crippen LogP contribution in [-0.2, 0) is 14.8 Å². The van der Waals surface area contributed by atoms with Gasteiger partial charge < -0.3 is 20.3 Å². The predicted octanol–water partition coefficient (Wildman–Crippen LogP) is 4.12. The molecule has 208 valence electrons. The molecule has 2 amide bonds. The van der Waals surface area contributed by atoms with E-state index in [-0.39, 0.29) is 10.3 Å². The van der Waals surface area contributed by atoms with Crippen LogP contribution in [0.3, 0.4) is 0 Å². The van der Waals surface area contributed by atoms with E-state index in [0.717, 1.165) is 12.1 Å². The van der Waals surface area contributed by atoms with Gasteiger partial charge in [-0.2, -0.15) is 4.31 Å². The Morgan fingerprint density at radius 1 is 1.11 bits per heavy atom. The van der Waals surface area contributed by atoms with Crippen molar-refractivity contribution in [1.82, 2.24) is 9.62 Å². The van der Waals surface area contributed by atoms with E-state index >= 15 is 0 Å². The normalized spacial score (nSPS) is 20.4. The number of alkyl carbamates (subject to hydrolysis) is 1. The molecule has 1 aromatic rings. The molecule has 1 saturated carbocycles. The second-order valence-electron chi connectivity index (χ2n) is 11.4. The van der Waals surface area contributed by atoms with Gasteiger partial charge in [0.05, 0.1) is 17.1 Å². The second kappa shape index (κ2) is 10.8. The third-order valence-electron chi connectivity index (χ3n) is 6.65. The molecule has 0 radical (unpaired) electrons. The van der Waals surface area contributed by atoms with E-state index in [4.69, 9.17) is 4.74 Å². The number of nitro benzene ring substituents is 1. The highest BCUT2D eigenvalue weighted by Gasteiger charge is 2.51. The lowest BCUT2D eigenvalue weighted by molar-refractivity contribution is -0.387. The van der Waals surface area contributed by atoms with Crippen molar-refractivity contribution in [2.75, 3.05) is 6.54 Å². The number of aliphatic hydroxyl groups is 1. The van der Waals surface area contributed by atoms with Crippen molar-refractivity contribution in [3.63, 3.8) is 0 Å². The minimum atomic E-state index is -4.89. The second-order valence-corrected chi connectivity index (χ2v) is 13.2. The topological polar surface area (TPSA) is 176 Å². The van der Waals surface area contributed by atoms with Gasteiger partial charge >= 0.3 is 12.2 Å². The van der Waals surface area contributed by atoms with Gasteiger partial charge in [0.15, 0.2) is 4.90 Å². The summed E-state index contributed by atoms with van der Waals surface area (Å²) < 4.78 is 32.1. The van der Waals surface area contributed by atoms with Crippen LogP contribution in [0.5, 0.6) is 0 Å². The van der Waals surface area contributed by atoms with Crippen LogP contribution in [0.1, 0.15) is 67.2 Å². The average molecular weight is 544 g/mol. The molecule has 1 fully saturated rings. The Hall–Kier alpha value is -2.93. The first-order chi connectivity index (χ1) is 16.8. The summed E-state index contributed by atoms with van der Waals surface area (Å²) in [7, 11) is -4.89. The van der Waals surface area contributed by atoms with Crippen LogP contribution >= 0.6 is 0 Å². The minimum absolute atomic E-state index is 0.0889. The van der Waals surface area contributed by atoms with Crippen molar-refractivity contribution in [2.24, 2.45) is 11.3 Å². The maximum atomic E-state index is 13.3. The number of sulfonamides is 1. The molecule has 0 aromatic heterocycles. The van der Waals surface area contributed by atoms with E-state index in [1.54, 1.807) is 41.5 Å². The van der Waals surface area contributed by atoms with Gasteiger partial charge in [0, 0.05) is 12.1 Å². The Morgan fingerprint density at radius 2 is 1.65 bits per heavy atom. The number of amides is 2. The number of carbonyl (C=O) groups is 2. The minimum Gasteiger partial charge on any atom is -0.464 e. The zero-order valence-electron chi connectivity index (χ0n) is 22.1. The standard InChI is InChI=1S/C24H37N3O9S/c1-22(2,3)24(31,16-11-13-17(14-12-16)25-20(28)36-23(4,5)6)15-26(21(29)30)37(34,35)19-10-8-7-9-18(19)27(32)33/h7-10,16-17,31H,11-15H2,1-6H3,(H,25,28)(H,29,30). The predicted molar refractivity (Wildman–Crippen MR) is 135 cm³/mol. The third kappa shape index (κ3) is 7.10. The Balaban J connectivity index is 2.33. The summed E-state index contributed by atoms with van der Waals surface area (Å²) in [6.07, 6.45) is -0.727. The molecular formula is C24H37N3O9S. The summed E-state index contributed by atoms with van der Waals surface area (Å²) in [5.74, 6) is -0.507. The van der Waals surface area contributed by atoms with E-state index in [1.165, 1.54) is 12.1 Å².